The van der Waals surface area contributed by atoms with Gasteiger partial charge in [0.25, 0.3) is 5.56 Å². The van der Waals surface area contributed by atoms with Crippen molar-refractivity contribution in [3.8, 4) is 0 Å². The zero-order chi connectivity index (χ0) is 22.1. The molecule has 2 amide bonds. The molecule has 4 rings (SSSR count). The van der Waals surface area contributed by atoms with Crippen LogP contribution < -0.4 is 21.9 Å². The fourth-order valence-corrected chi connectivity index (χ4v) is 3.48. The summed E-state index contributed by atoms with van der Waals surface area (Å²) in [4.78, 5) is 50.7. The quantitative estimate of drug-likeness (QED) is 0.492. The molecule has 0 aliphatic heterocycles. The molecular formula is C21H17ClN4O5. The van der Waals surface area contributed by atoms with Gasteiger partial charge in [0.15, 0.2) is 0 Å². The highest BCUT2D eigenvalue weighted by Crippen LogP contribution is 2.26. The van der Waals surface area contributed by atoms with Crippen LogP contribution in [0.1, 0.15) is 0 Å². The van der Waals surface area contributed by atoms with Crippen molar-refractivity contribution in [2.75, 3.05) is 12.4 Å². The molecule has 0 saturated carbocycles. The average molecular weight is 441 g/mol. The molecule has 0 spiro atoms. The number of carbonyl (C=O) groups is 2. The van der Waals surface area contributed by atoms with Crippen LogP contribution in [0.25, 0.3) is 22.1 Å². The van der Waals surface area contributed by atoms with Gasteiger partial charge in [0.05, 0.1) is 10.7 Å². The van der Waals surface area contributed by atoms with E-state index >= 15 is 0 Å². The van der Waals surface area contributed by atoms with E-state index in [1.54, 1.807) is 48.5 Å². The van der Waals surface area contributed by atoms with Gasteiger partial charge in [-0.25, -0.2) is 9.36 Å². The maximum absolute atomic E-state index is 13.1. The van der Waals surface area contributed by atoms with Crippen molar-refractivity contribution in [1.82, 2.24) is 14.5 Å². The van der Waals surface area contributed by atoms with Gasteiger partial charge in [-0.05, 0) is 24.3 Å². The molecule has 0 radical (unpaired) electrons. The number of aromatic nitrogens is 2. The maximum Gasteiger partial charge on any atom is 0.332 e. The number of hydrogen-bond donors (Lipinski definition) is 2. The van der Waals surface area contributed by atoms with E-state index in [-0.39, 0.29) is 11.1 Å². The van der Waals surface area contributed by atoms with Gasteiger partial charge in [0, 0.05) is 12.4 Å². The van der Waals surface area contributed by atoms with Crippen LogP contribution in [-0.2, 0) is 22.7 Å². The van der Waals surface area contributed by atoms with Crippen LogP contribution >= 0.6 is 11.6 Å². The number of nitrogens with zero attached hydrogens (tertiary/aromatic N) is 2. The zero-order valence-electron chi connectivity index (χ0n) is 16.3. The molecule has 2 aromatic heterocycles. The first-order valence-electron chi connectivity index (χ1n) is 9.30. The molecule has 0 bridgehead atoms. The van der Waals surface area contributed by atoms with E-state index < -0.39 is 36.2 Å². The topological polar surface area (TPSA) is 115 Å². The molecule has 31 heavy (non-hydrogen) atoms. The van der Waals surface area contributed by atoms with Crippen LogP contribution in [0, 0.1) is 0 Å². The maximum atomic E-state index is 13.1. The number of carbonyl (C=O) groups excluding carboxylic acids is 2. The second-order valence-electron chi connectivity index (χ2n) is 6.74. The lowest BCUT2D eigenvalue weighted by atomic mass is 10.2. The van der Waals surface area contributed by atoms with Gasteiger partial charge in [0.1, 0.15) is 24.2 Å². The molecule has 2 aromatic carbocycles. The van der Waals surface area contributed by atoms with Crippen LogP contribution in [0.15, 0.2) is 62.5 Å². The lowest BCUT2D eigenvalue weighted by Crippen LogP contribution is -2.44. The van der Waals surface area contributed by atoms with Crippen molar-refractivity contribution in [3.05, 3.63) is 74.4 Å². The van der Waals surface area contributed by atoms with Crippen LogP contribution in [0.3, 0.4) is 0 Å². The summed E-state index contributed by atoms with van der Waals surface area (Å²) in [5.41, 5.74) is -0.714. The van der Waals surface area contributed by atoms with Crippen molar-refractivity contribution in [2.24, 2.45) is 0 Å². The minimum atomic E-state index is -0.804. The van der Waals surface area contributed by atoms with Crippen LogP contribution in [-0.4, -0.2) is 28.0 Å². The van der Waals surface area contributed by atoms with Crippen molar-refractivity contribution in [2.45, 2.75) is 13.1 Å². The number of para-hydroxylation sites is 2. The summed E-state index contributed by atoms with van der Waals surface area (Å²) >= 11 is 6.09. The molecule has 4 aromatic rings. The van der Waals surface area contributed by atoms with Crippen molar-refractivity contribution < 1.29 is 14.0 Å². The summed E-state index contributed by atoms with van der Waals surface area (Å²) in [6.07, 6.45) is 0. The fourth-order valence-electron chi connectivity index (χ4n) is 3.30. The van der Waals surface area contributed by atoms with Gasteiger partial charge in [-0.3, -0.25) is 19.0 Å². The molecule has 0 saturated heterocycles. The minimum absolute atomic E-state index is 0.116. The Balaban J connectivity index is 1.88. The Labute approximate surface area is 179 Å². The predicted octanol–water partition coefficient (Wildman–Crippen LogP) is 1.95. The Hall–Kier alpha value is -3.85. The Morgan fingerprint density at radius 3 is 2.39 bits per heavy atom. The SMILES string of the molecule is CNC(=O)Cn1c(=O)c2oc3ccccc3c2n(CC(=O)Nc2ccccc2Cl)c1=O. The Kier molecular flexibility index (Phi) is 5.35. The summed E-state index contributed by atoms with van der Waals surface area (Å²) in [6, 6.07) is 13.5. The lowest BCUT2D eigenvalue weighted by Gasteiger charge is -2.12. The van der Waals surface area contributed by atoms with E-state index in [0.717, 1.165) is 9.13 Å². The standard InChI is InChI=1S/C21H17ClN4O5/c1-23-16(27)10-26-20(29)19-18(12-6-2-5-9-15(12)31-19)25(21(26)30)11-17(28)24-14-8-4-3-7-13(14)22/h2-9H,10-11H2,1H3,(H,23,27)(H,24,28). The summed E-state index contributed by atoms with van der Waals surface area (Å²) in [6.45, 7) is -0.925. The van der Waals surface area contributed by atoms with Gasteiger partial charge < -0.3 is 15.1 Å². The van der Waals surface area contributed by atoms with Crippen LogP contribution in [0.4, 0.5) is 5.69 Å². The van der Waals surface area contributed by atoms with E-state index in [1.165, 1.54) is 7.05 Å². The van der Waals surface area contributed by atoms with E-state index in [4.69, 9.17) is 16.0 Å². The van der Waals surface area contributed by atoms with E-state index in [0.29, 0.717) is 21.7 Å². The first-order valence-corrected chi connectivity index (χ1v) is 9.68. The number of hydrogen-bond acceptors (Lipinski definition) is 5. The van der Waals surface area contributed by atoms with Crippen LogP contribution in [0.2, 0.25) is 5.02 Å². The number of nitrogens with one attached hydrogen (secondary N) is 2. The molecule has 2 heterocycles. The van der Waals surface area contributed by atoms with Gasteiger partial charge >= 0.3 is 5.69 Å². The molecule has 0 aliphatic carbocycles. The van der Waals surface area contributed by atoms with E-state index in [1.807, 2.05) is 0 Å². The second kappa shape index (κ2) is 8.11. The number of likely N-dealkylation sites (N-methyl/N-ethyl adjacent to an activating group) is 1. The number of rotatable bonds is 5. The smallest absolute Gasteiger partial charge is 0.332 e. The molecule has 0 unspecified atom stereocenters. The third-order valence-electron chi connectivity index (χ3n) is 4.77. The van der Waals surface area contributed by atoms with E-state index in [2.05, 4.69) is 10.6 Å². The third kappa shape index (κ3) is 3.71. The molecule has 0 fully saturated rings. The Bertz CT molecular complexity index is 1450. The summed E-state index contributed by atoms with van der Waals surface area (Å²) in [5, 5.41) is 5.86. The number of halogens is 1. The van der Waals surface area contributed by atoms with Gasteiger partial charge in [-0.2, -0.15) is 0 Å². The molecule has 158 valence electrons. The van der Waals surface area contributed by atoms with Gasteiger partial charge in [-0.1, -0.05) is 35.9 Å². The monoisotopic (exact) mass is 440 g/mol. The minimum Gasteiger partial charge on any atom is -0.449 e. The second-order valence-corrected chi connectivity index (χ2v) is 7.14. The molecule has 10 heteroatoms. The highest BCUT2D eigenvalue weighted by atomic mass is 35.5. The van der Waals surface area contributed by atoms with Crippen LogP contribution in [0.5, 0.6) is 0 Å². The molecular weight excluding hydrogens is 424 g/mol. The van der Waals surface area contributed by atoms with Gasteiger partial charge in [0.2, 0.25) is 17.4 Å². The number of fused-ring (bicyclic) bond motifs is 3. The highest BCUT2D eigenvalue weighted by molar-refractivity contribution is 6.33. The summed E-state index contributed by atoms with van der Waals surface area (Å²) < 4.78 is 7.54. The normalized spacial score (nSPS) is 11.0. The number of benzene rings is 2. The fraction of sp³-hybridized carbons (Fsp3) is 0.143. The molecule has 9 nitrogen and oxygen atoms in total. The average Bonchev–Trinajstić information content (AvgIpc) is 3.15. The summed E-state index contributed by atoms with van der Waals surface area (Å²) in [7, 11) is 1.39. The van der Waals surface area contributed by atoms with Crippen molar-refractivity contribution in [1.29, 1.82) is 0 Å². The number of amides is 2. The summed E-state index contributed by atoms with van der Waals surface area (Å²) in [5.74, 6) is -1.08. The Morgan fingerprint density at radius 2 is 1.65 bits per heavy atom. The largest absolute Gasteiger partial charge is 0.449 e. The first-order chi connectivity index (χ1) is 14.9. The predicted molar refractivity (Wildman–Crippen MR) is 116 cm³/mol. The van der Waals surface area contributed by atoms with Crippen molar-refractivity contribution in [3.63, 3.8) is 0 Å². The Morgan fingerprint density at radius 1 is 0.968 bits per heavy atom. The first kappa shape index (κ1) is 20.4. The number of furan rings is 1. The highest BCUT2D eigenvalue weighted by Gasteiger charge is 2.22. The third-order valence-corrected chi connectivity index (χ3v) is 5.10. The molecule has 0 aliphatic rings. The van der Waals surface area contributed by atoms with Gasteiger partial charge in [-0.15, -0.1) is 0 Å². The van der Waals surface area contributed by atoms with E-state index in [9.17, 15) is 19.2 Å². The molecule has 2 N–H and O–H groups in total. The van der Waals surface area contributed by atoms with Crippen molar-refractivity contribution >= 4 is 51.2 Å². The number of anilines is 1. The lowest BCUT2D eigenvalue weighted by molar-refractivity contribution is -0.121. The molecule has 0 atom stereocenters. The zero-order valence-corrected chi connectivity index (χ0v) is 17.1.